The number of hydrogen-bond donors (Lipinski definition) is 1. The van der Waals surface area contributed by atoms with E-state index in [1.165, 1.54) is 50.6 Å². The minimum absolute atomic E-state index is 0.382. The summed E-state index contributed by atoms with van der Waals surface area (Å²) < 4.78 is 2.16. The standard InChI is InChI=1S/C17H28ClN3/c1-12(2)21-17(16(18)11-20-21)15-7-5-3-4-6-13(15)10-19-14-8-9-14/h11-15,19H,3-10H2,1-2H3. The topological polar surface area (TPSA) is 29.9 Å². The molecule has 1 aromatic rings. The molecule has 0 spiro atoms. The van der Waals surface area contributed by atoms with E-state index in [0.717, 1.165) is 17.6 Å². The third-order valence-electron chi connectivity index (χ3n) is 5.03. The van der Waals surface area contributed by atoms with Crippen molar-refractivity contribution in [2.45, 2.75) is 76.8 Å². The highest BCUT2D eigenvalue weighted by Gasteiger charge is 2.31. The van der Waals surface area contributed by atoms with E-state index in [2.05, 4.69) is 28.9 Å². The van der Waals surface area contributed by atoms with E-state index < -0.39 is 0 Å². The minimum Gasteiger partial charge on any atom is -0.314 e. The van der Waals surface area contributed by atoms with Gasteiger partial charge in [-0.15, -0.1) is 0 Å². The van der Waals surface area contributed by atoms with Crippen molar-refractivity contribution in [1.29, 1.82) is 0 Å². The van der Waals surface area contributed by atoms with Crippen molar-refractivity contribution in [2.75, 3.05) is 6.54 Å². The molecule has 0 amide bonds. The first-order chi connectivity index (χ1) is 10.2. The third kappa shape index (κ3) is 3.62. The Hall–Kier alpha value is -0.540. The van der Waals surface area contributed by atoms with Gasteiger partial charge in [-0.2, -0.15) is 5.10 Å². The van der Waals surface area contributed by atoms with Crippen molar-refractivity contribution in [3.8, 4) is 0 Å². The van der Waals surface area contributed by atoms with Crippen LogP contribution in [0.25, 0.3) is 0 Å². The molecule has 118 valence electrons. The lowest BCUT2D eigenvalue weighted by atomic mass is 9.85. The summed E-state index contributed by atoms with van der Waals surface area (Å²) in [6, 6.07) is 1.17. The lowest BCUT2D eigenvalue weighted by molar-refractivity contribution is 0.348. The molecule has 2 atom stereocenters. The second-order valence-electron chi connectivity index (χ2n) is 7.10. The zero-order chi connectivity index (χ0) is 14.8. The number of rotatable bonds is 5. The summed E-state index contributed by atoms with van der Waals surface area (Å²) in [7, 11) is 0. The summed E-state index contributed by atoms with van der Waals surface area (Å²) >= 11 is 6.51. The van der Waals surface area contributed by atoms with Crippen molar-refractivity contribution in [3.05, 3.63) is 16.9 Å². The monoisotopic (exact) mass is 309 g/mol. The first-order valence-corrected chi connectivity index (χ1v) is 9.01. The summed E-state index contributed by atoms with van der Waals surface area (Å²) in [5.41, 5.74) is 1.29. The highest BCUT2D eigenvalue weighted by atomic mass is 35.5. The molecule has 4 heteroatoms. The fourth-order valence-corrected chi connectivity index (χ4v) is 3.97. The Morgan fingerprint density at radius 1 is 1.24 bits per heavy atom. The molecule has 21 heavy (non-hydrogen) atoms. The van der Waals surface area contributed by atoms with Gasteiger partial charge in [0.2, 0.25) is 0 Å². The summed E-state index contributed by atoms with van der Waals surface area (Å²) in [6.07, 6.45) is 11.2. The molecule has 2 aliphatic rings. The summed E-state index contributed by atoms with van der Waals surface area (Å²) in [5.74, 6) is 1.27. The molecule has 1 N–H and O–H groups in total. The van der Waals surface area contributed by atoms with Crippen molar-refractivity contribution >= 4 is 11.6 Å². The first-order valence-electron chi connectivity index (χ1n) is 8.63. The Morgan fingerprint density at radius 3 is 2.71 bits per heavy atom. The van der Waals surface area contributed by atoms with Crippen LogP contribution in [0.5, 0.6) is 0 Å². The molecule has 3 nitrogen and oxygen atoms in total. The highest BCUT2D eigenvalue weighted by molar-refractivity contribution is 6.31. The van der Waals surface area contributed by atoms with E-state index in [4.69, 9.17) is 11.6 Å². The molecular formula is C17H28ClN3. The van der Waals surface area contributed by atoms with Gasteiger partial charge in [0.05, 0.1) is 16.9 Å². The van der Waals surface area contributed by atoms with Crippen LogP contribution in [-0.2, 0) is 0 Å². The SMILES string of the molecule is CC(C)n1ncc(Cl)c1C1CCCCCC1CNC1CC1. The second kappa shape index (κ2) is 6.70. The largest absolute Gasteiger partial charge is 0.314 e. The molecule has 3 rings (SSSR count). The van der Waals surface area contributed by atoms with Crippen LogP contribution >= 0.6 is 11.6 Å². The molecule has 0 bridgehead atoms. The van der Waals surface area contributed by atoms with Gasteiger partial charge in [-0.1, -0.05) is 30.9 Å². The quantitative estimate of drug-likeness (QED) is 0.810. The predicted octanol–water partition coefficient (Wildman–Crippen LogP) is 4.53. The molecule has 2 unspecified atom stereocenters. The summed E-state index contributed by atoms with van der Waals surface area (Å²) in [4.78, 5) is 0. The van der Waals surface area contributed by atoms with Crippen LogP contribution < -0.4 is 5.32 Å². The fraction of sp³-hybridized carbons (Fsp3) is 0.824. The lowest BCUT2D eigenvalue weighted by Crippen LogP contribution is -2.29. The smallest absolute Gasteiger partial charge is 0.0820 e. The van der Waals surface area contributed by atoms with Crippen LogP contribution in [0.15, 0.2) is 6.20 Å². The van der Waals surface area contributed by atoms with Crippen molar-refractivity contribution in [2.24, 2.45) is 5.92 Å². The van der Waals surface area contributed by atoms with Crippen LogP contribution in [0.4, 0.5) is 0 Å². The van der Waals surface area contributed by atoms with Crippen molar-refractivity contribution in [3.63, 3.8) is 0 Å². The molecule has 2 aliphatic carbocycles. The Morgan fingerprint density at radius 2 is 2.00 bits per heavy atom. The molecule has 1 heterocycles. The maximum Gasteiger partial charge on any atom is 0.0820 e. The number of hydrogen-bond acceptors (Lipinski definition) is 2. The molecule has 0 aromatic carbocycles. The summed E-state index contributed by atoms with van der Waals surface area (Å²) in [6.45, 7) is 5.54. The van der Waals surface area contributed by atoms with Gasteiger partial charge in [0.15, 0.2) is 0 Å². The van der Waals surface area contributed by atoms with E-state index in [1.807, 2.05) is 6.20 Å². The Labute approximate surface area is 133 Å². The van der Waals surface area contributed by atoms with Gasteiger partial charge in [0, 0.05) is 18.0 Å². The van der Waals surface area contributed by atoms with Gasteiger partial charge in [-0.3, -0.25) is 4.68 Å². The zero-order valence-corrected chi connectivity index (χ0v) is 14.1. The fourth-order valence-electron chi connectivity index (χ4n) is 3.70. The first kappa shape index (κ1) is 15.4. The van der Waals surface area contributed by atoms with Gasteiger partial charge in [0.25, 0.3) is 0 Å². The maximum atomic E-state index is 6.51. The van der Waals surface area contributed by atoms with Crippen LogP contribution in [0.1, 0.15) is 76.4 Å². The van der Waals surface area contributed by atoms with Crippen molar-refractivity contribution < 1.29 is 0 Å². The molecule has 0 saturated heterocycles. The van der Waals surface area contributed by atoms with Gasteiger partial charge in [0.1, 0.15) is 0 Å². The Balaban J connectivity index is 1.82. The number of nitrogens with one attached hydrogen (secondary N) is 1. The van der Waals surface area contributed by atoms with E-state index in [1.54, 1.807) is 0 Å². The highest BCUT2D eigenvalue weighted by Crippen LogP contribution is 2.40. The van der Waals surface area contributed by atoms with Gasteiger partial charge in [-0.25, -0.2) is 0 Å². The maximum absolute atomic E-state index is 6.51. The van der Waals surface area contributed by atoms with E-state index in [9.17, 15) is 0 Å². The van der Waals surface area contributed by atoms with Crippen LogP contribution in [0.3, 0.4) is 0 Å². The van der Waals surface area contributed by atoms with Crippen molar-refractivity contribution in [1.82, 2.24) is 15.1 Å². The predicted molar refractivity (Wildman–Crippen MR) is 88.0 cm³/mol. The van der Waals surface area contributed by atoms with Gasteiger partial charge >= 0.3 is 0 Å². The number of nitrogens with zero attached hydrogens (tertiary/aromatic N) is 2. The average molecular weight is 310 g/mol. The zero-order valence-electron chi connectivity index (χ0n) is 13.3. The van der Waals surface area contributed by atoms with E-state index >= 15 is 0 Å². The van der Waals surface area contributed by atoms with E-state index in [-0.39, 0.29) is 0 Å². The second-order valence-corrected chi connectivity index (χ2v) is 7.51. The van der Waals surface area contributed by atoms with Gasteiger partial charge < -0.3 is 5.32 Å². The molecule has 2 fully saturated rings. The van der Waals surface area contributed by atoms with Gasteiger partial charge in [-0.05, 0) is 52.0 Å². The molecule has 2 saturated carbocycles. The van der Waals surface area contributed by atoms with Crippen LogP contribution in [0.2, 0.25) is 5.02 Å². The Bertz CT molecular complexity index is 465. The molecule has 0 aliphatic heterocycles. The Kier molecular flexibility index (Phi) is 4.90. The molecule has 0 radical (unpaired) electrons. The minimum atomic E-state index is 0.382. The number of halogens is 1. The third-order valence-corrected chi connectivity index (χ3v) is 5.32. The lowest BCUT2D eigenvalue weighted by Gasteiger charge is -2.27. The molecular weight excluding hydrogens is 282 g/mol. The number of aromatic nitrogens is 2. The summed E-state index contributed by atoms with van der Waals surface area (Å²) in [5, 5.41) is 9.14. The van der Waals surface area contributed by atoms with Crippen LogP contribution in [-0.4, -0.2) is 22.4 Å². The van der Waals surface area contributed by atoms with E-state index in [0.29, 0.717) is 17.9 Å². The normalized spacial score (nSPS) is 27.0. The average Bonchev–Trinajstić information content (AvgIpc) is 3.23. The molecule has 1 aromatic heterocycles. The van der Waals surface area contributed by atoms with Crippen LogP contribution in [0, 0.1) is 5.92 Å².